The highest BCUT2D eigenvalue weighted by molar-refractivity contribution is 6.04. The van der Waals surface area contributed by atoms with Gasteiger partial charge in [-0.05, 0) is 79.6 Å². The molecule has 0 aromatic carbocycles. The van der Waals surface area contributed by atoms with Crippen molar-refractivity contribution in [2.75, 3.05) is 0 Å². The fraction of sp³-hybridized carbons (Fsp3) is 0.719. The molecule has 5 aliphatic carbocycles. The number of nitrogens with two attached hydrogens (primary N) is 1. The van der Waals surface area contributed by atoms with Gasteiger partial charge in [-0.15, -0.1) is 0 Å². The molecule has 3 fully saturated rings. The standard InChI is InChI=1S/C32H42N4O3/c1-28(2)11-12-32(27-35-24(17-34)39-36-27)10-7-19-25(20(32)15-28)21(37)13-23-30(19,5)9-8-22-29(3,4)26(38)18(16-33)14-31(22,23)6/h13-14,19-20,22,25H,7-12,15,17,34H2,1-6H3. The monoisotopic (exact) mass is 530 g/mol. The van der Waals surface area contributed by atoms with Gasteiger partial charge >= 0.3 is 0 Å². The number of nitriles is 1. The number of hydrogen-bond donors (Lipinski definition) is 1. The molecule has 6 rings (SSSR count). The fourth-order valence-electron chi connectivity index (χ4n) is 10.2. The number of ketones is 2. The van der Waals surface area contributed by atoms with Crippen molar-refractivity contribution >= 4 is 11.6 Å². The molecule has 7 atom stereocenters. The van der Waals surface area contributed by atoms with Gasteiger partial charge in [-0.25, -0.2) is 0 Å². The van der Waals surface area contributed by atoms with Crippen LogP contribution in [0.4, 0.5) is 0 Å². The molecule has 1 aromatic rings. The Morgan fingerprint density at radius 2 is 1.79 bits per heavy atom. The Hall–Kier alpha value is -2.59. The molecule has 0 saturated heterocycles. The van der Waals surface area contributed by atoms with Gasteiger partial charge in [0.25, 0.3) is 0 Å². The van der Waals surface area contributed by atoms with Crippen LogP contribution in [0.3, 0.4) is 0 Å². The molecule has 0 amide bonds. The van der Waals surface area contributed by atoms with E-state index in [1.807, 2.05) is 26.0 Å². The Bertz CT molecular complexity index is 1360. The van der Waals surface area contributed by atoms with Gasteiger partial charge in [0, 0.05) is 22.2 Å². The van der Waals surface area contributed by atoms with Crippen molar-refractivity contribution in [1.82, 2.24) is 10.1 Å². The zero-order chi connectivity index (χ0) is 28.2. The number of rotatable bonds is 2. The van der Waals surface area contributed by atoms with Crippen LogP contribution in [-0.4, -0.2) is 21.7 Å². The van der Waals surface area contributed by atoms with E-state index in [1.165, 1.54) is 0 Å². The molecule has 0 spiro atoms. The van der Waals surface area contributed by atoms with Gasteiger partial charge in [0.1, 0.15) is 6.07 Å². The minimum Gasteiger partial charge on any atom is -0.338 e. The Morgan fingerprint density at radius 3 is 2.46 bits per heavy atom. The molecule has 5 aliphatic rings. The highest BCUT2D eigenvalue weighted by Gasteiger charge is 2.66. The first-order valence-corrected chi connectivity index (χ1v) is 14.7. The zero-order valence-electron chi connectivity index (χ0n) is 24.3. The van der Waals surface area contributed by atoms with E-state index in [4.69, 9.17) is 15.2 Å². The van der Waals surface area contributed by atoms with E-state index in [2.05, 4.69) is 38.9 Å². The van der Waals surface area contributed by atoms with Gasteiger partial charge in [0.2, 0.25) is 5.89 Å². The van der Waals surface area contributed by atoms with Crippen molar-refractivity contribution in [2.24, 2.45) is 51.1 Å². The van der Waals surface area contributed by atoms with Crippen LogP contribution in [0, 0.1) is 56.7 Å². The van der Waals surface area contributed by atoms with Crippen LogP contribution in [-0.2, 0) is 21.5 Å². The Kier molecular flexibility index (Phi) is 5.61. The van der Waals surface area contributed by atoms with Gasteiger partial charge < -0.3 is 10.3 Å². The van der Waals surface area contributed by atoms with Gasteiger partial charge in [-0.3, -0.25) is 9.59 Å². The maximum atomic E-state index is 14.4. The summed E-state index contributed by atoms with van der Waals surface area (Å²) in [5.74, 6) is 1.61. The van der Waals surface area contributed by atoms with Gasteiger partial charge in [-0.1, -0.05) is 58.3 Å². The molecule has 7 unspecified atom stereocenters. The molecular weight excluding hydrogens is 488 g/mol. The highest BCUT2D eigenvalue weighted by Crippen LogP contribution is 2.70. The van der Waals surface area contributed by atoms with Gasteiger partial charge in [-0.2, -0.15) is 10.2 Å². The van der Waals surface area contributed by atoms with Crippen LogP contribution in [0.1, 0.15) is 98.2 Å². The second-order valence-electron chi connectivity index (χ2n) is 15.0. The summed E-state index contributed by atoms with van der Waals surface area (Å²) in [5.41, 5.74) is 5.73. The highest BCUT2D eigenvalue weighted by atomic mass is 16.5. The van der Waals surface area contributed by atoms with E-state index in [9.17, 15) is 14.9 Å². The number of aromatic nitrogens is 2. The maximum Gasteiger partial charge on any atom is 0.240 e. The summed E-state index contributed by atoms with van der Waals surface area (Å²) >= 11 is 0. The van der Waals surface area contributed by atoms with Crippen LogP contribution in [0.15, 0.2) is 27.8 Å². The molecule has 1 aromatic heterocycles. The molecule has 1 heterocycles. The van der Waals surface area contributed by atoms with Crippen molar-refractivity contribution in [2.45, 2.75) is 98.4 Å². The summed E-state index contributed by atoms with van der Waals surface area (Å²) in [7, 11) is 0. The topological polar surface area (TPSA) is 123 Å². The van der Waals surface area contributed by atoms with Crippen molar-refractivity contribution in [3.8, 4) is 6.07 Å². The van der Waals surface area contributed by atoms with E-state index in [0.29, 0.717) is 5.89 Å². The second-order valence-corrected chi connectivity index (χ2v) is 15.0. The number of hydrogen-bond acceptors (Lipinski definition) is 7. The quantitative estimate of drug-likeness (QED) is 0.527. The summed E-state index contributed by atoms with van der Waals surface area (Å²) in [4.78, 5) is 32.4. The van der Waals surface area contributed by atoms with Crippen LogP contribution in [0.2, 0.25) is 0 Å². The number of fused-ring (bicyclic) bond motifs is 7. The molecule has 39 heavy (non-hydrogen) atoms. The van der Waals surface area contributed by atoms with Gasteiger partial charge in [0.15, 0.2) is 17.4 Å². The minimum absolute atomic E-state index is 0.0589. The number of nitrogens with zero attached hydrogens (tertiary/aromatic N) is 3. The summed E-state index contributed by atoms with van der Waals surface area (Å²) in [5, 5.41) is 14.3. The molecule has 7 nitrogen and oxygen atoms in total. The third-order valence-electron chi connectivity index (χ3n) is 12.2. The Morgan fingerprint density at radius 1 is 1.05 bits per heavy atom. The van der Waals surface area contributed by atoms with Crippen molar-refractivity contribution in [3.63, 3.8) is 0 Å². The third kappa shape index (κ3) is 3.43. The van der Waals surface area contributed by atoms with E-state index >= 15 is 0 Å². The van der Waals surface area contributed by atoms with Crippen molar-refractivity contribution in [3.05, 3.63) is 35.0 Å². The van der Waals surface area contributed by atoms with Crippen LogP contribution in [0.25, 0.3) is 0 Å². The second kappa shape index (κ2) is 8.22. The first kappa shape index (κ1) is 26.6. The van der Waals surface area contributed by atoms with Gasteiger partial charge in [0.05, 0.1) is 12.1 Å². The Labute approximate surface area is 231 Å². The first-order valence-electron chi connectivity index (χ1n) is 14.7. The van der Waals surface area contributed by atoms with Crippen LogP contribution >= 0.6 is 0 Å². The third-order valence-corrected chi connectivity index (χ3v) is 12.2. The number of carbonyl (C=O) groups is 2. The van der Waals surface area contributed by atoms with E-state index < -0.39 is 10.8 Å². The summed E-state index contributed by atoms with van der Waals surface area (Å²) in [6, 6.07) is 2.19. The fourth-order valence-corrected chi connectivity index (χ4v) is 10.2. The average molecular weight is 531 g/mol. The molecule has 0 radical (unpaired) electrons. The zero-order valence-corrected chi connectivity index (χ0v) is 24.3. The lowest BCUT2D eigenvalue weighted by molar-refractivity contribution is -0.141. The SMILES string of the molecule is CC1(C)CCC2(c3noc(CN)n3)CCC3C(C(=O)C=C4C5(C)C=C(C#N)C(=O)C(C)(C)C5CCC43C)C2C1. The van der Waals surface area contributed by atoms with Crippen LogP contribution in [0.5, 0.6) is 0 Å². The number of allylic oxidation sites excluding steroid dienone is 4. The summed E-state index contributed by atoms with van der Waals surface area (Å²) < 4.78 is 5.51. The van der Waals surface area contributed by atoms with Crippen LogP contribution < -0.4 is 5.73 Å². The molecule has 208 valence electrons. The number of Topliss-reactive ketones (excluding diaryl/α,β-unsaturated/α-hetero) is 1. The predicted octanol–water partition coefficient (Wildman–Crippen LogP) is 5.61. The minimum atomic E-state index is -0.648. The summed E-state index contributed by atoms with van der Waals surface area (Å²) in [6.07, 6.45) is 10.5. The lowest BCUT2D eigenvalue weighted by Crippen LogP contribution is -2.61. The molecular formula is C32H42N4O3. The number of carbonyl (C=O) groups excluding carboxylic acids is 2. The predicted molar refractivity (Wildman–Crippen MR) is 146 cm³/mol. The summed E-state index contributed by atoms with van der Waals surface area (Å²) in [6.45, 7) is 13.4. The van der Waals surface area contributed by atoms with E-state index in [-0.39, 0.29) is 63.6 Å². The van der Waals surface area contributed by atoms with E-state index in [1.54, 1.807) is 0 Å². The molecule has 3 saturated carbocycles. The smallest absolute Gasteiger partial charge is 0.240 e. The largest absolute Gasteiger partial charge is 0.338 e. The Balaban J connectivity index is 1.49. The maximum absolute atomic E-state index is 14.4. The molecule has 0 aliphatic heterocycles. The molecule has 2 N–H and O–H groups in total. The average Bonchev–Trinajstić information content (AvgIpc) is 3.37. The van der Waals surface area contributed by atoms with E-state index in [0.717, 1.165) is 56.3 Å². The van der Waals surface area contributed by atoms with Crippen molar-refractivity contribution in [1.29, 1.82) is 5.26 Å². The lowest BCUT2D eigenvalue weighted by atomic mass is 9.38. The molecule has 7 heteroatoms. The molecule has 0 bridgehead atoms. The van der Waals surface area contributed by atoms with Crippen molar-refractivity contribution < 1.29 is 14.1 Å². The normalized spacial score (nSPS) is 42.2. The first-order chi connectivity index (χ1) is 18.2. The lowest BCUT2D eigenvalue weighted by Gasteiger charge is -2.64.